The first-order chi connectivity index (χ1) is 9.66. The van der Waals surface area contributed by atoms with Crippen molar-refractivity contribution in [2.75, 3.05) is 33.4 Å². The van der Waals surface area contributed by atoms with Gasteiger partial charge in [0.25, 0.3) is 0 Å². The maximum atomic E-state index is 10.0. The van der Waals surface area contributed by atoms with Crippen LogP contribution in [0.3, 0.4) is 0 Å². The predicted octanol–water partition coefficient (Wildman–Crippen LogP) is 1.24. The average molecular weight is 282 g/mol. The molecule has 3 aliphatic rings. The number of piperidine rings is 1. The molecular formula is C16H30N2O2. The fraction of sp³-hybridized carbons (Fsp3) is 1.00. The summed E-state index contributed by atoms with van der Waals surface area (Å²) in [7, 11) is 1.83. The fourth-order valence-electron chi connectivity index (χ4n) is 3.73. The van der Waals surface area contributed by atoms with Crippen molar-refractivity contribution in [2.45, 2.75) is 56.7 Å². The summed E-state index contributed by atoms with van der Waals surface area (Å²) in [5, 5.41) is 13.8. The van der Waals surface area contributed by atoms with Gasteiger partial charge in [-0.15, -0.1) is 0 Å². The lowest BCUT2D eigenvalue weighted by Crippen LogP contribution is -2.60. The molecule has 0 spiro atoms. The summed E-state index contributed by atoms with van der Waals surface area (Å²) in [6.07, 6.45) is 6.67. The van der Waals surface area contributed by atoms with E-state index in [9.17, 15) is 5.11 Å². The van der Waals surface area contributed by atoms with E-state index in [4.69, 9.17) is 4.74 Å². The van der Waals surface area contributed by atoms with E-state index < -0.39 is 0 Å². The number of hydrogen-bond donors (Lipinski definition) is 2. The number of aliphatic hydroxyl groups is 1. The number of methoxy groups -OCH3 is 1. The molecule has 2 aliphatic carbocycles. The van der Waals surface area contributed by atoms with Crippen LogP contribution >= 0.6 is 0 Å². The third-order valence-electron chi connectivity index (χ3n) is 5.49. The first-order valence-corrected chi connectivity index (χ1v) is 8.30. The van der Waals surface area contributed by atoms with Crippen molar-refractivity contribution >= 4 is 0 Å². The zero-order chi connectivity index (χ0) is 14.2. The summed E-state index contributed by atoms with van der Waals surface area (Å²) in [4.78, 5) is 2.51. The van der Waals surface area contributed by atoms with Gasteiger partial charge in [-0.1, -0.05) is 6.92 Å². The van der Waals surface area contributed by atoms with Crippen LogP contribution in [0.5, 0.6) is 0 Å². The molecule has 2 N–H and O–H groups in total. The molecule has 1 saturated heterocycles. The highest BCUT2D eigenvalue weighted by Gasteiger charge is 2.48. The average Bonchev–Trinajstić information content (AvgIpc) is 3.32. The zero-order valence-corrected chi connectivity index (χ0v) is 13.0. The molecular weight excluding hydrogens is 252 g/mol. The van der Waals surface area contributed by atoms with Crippen molar-refractivity contribution in [1.29, 1.82) is 0 Å². The normalized spacial score (nSPS) is 35.0. The Kier molecular flexibility index (Phi) is 4.37. The van der Waals surface area contributed by atoms with E-state index in [1.165, 1.54) is 32.1 Å². The van der Waals surface area contributed by atoms with Crippen LogP contribution in [0.25, 0.3) is 0 Å². The fourth-order valence-corrected chi connectivity index (χ4v) is 3.73. The Hall–Kier alpha value is -0.160. The lowest BCUT2D eigenvalue weighted by Gasteiger charge is -2.43. The van der Waals surface area contributed by atoms with Crippen LogP contribution in [0.1, 0.15) is 39.0 Å². The first-order valence-electron chi connectivity index (χ1n) is 8.30. The number of aliphatic hydroxyl groups excluding tert-OH is 1. The zero-order valence-electron chi connectivity index (χ0n) is 13.0. The van der Waals surface area contributed by atoms with Crippen LogP contribution in [-0.2, 0) is 4.74 Å². The van der Waals surface area contributed by atoms with Crippen molar-refractivity contribution < 1.29 is 9.84 Å². The number of hydrogen-bond acceptors (Lipinski definition) is 4. The van der Waals surface area contributed by atoms with Gasteiger partial charge >= 0.3 is 0 Å². The Morgan fingerprint density at radius 3 is 2.55 bits per heavy atom. The molecule has 4 nitrogen and oxygen atoms in total. The van der Waals surface area contributed by atoms with Gasteiger partial charge in [0, 0.05) is 26.2 Å². The second-order valence-electron chi connectivity index (χ2n) is 7.28. The Morgan fingerprint density at radius 1 is 1.25 bits per heavy atom. The highest BCUT2D eigenvalue weighted by Crippen LogP contribution is 2.42. The highest BCUT2D eigenvalue weighted by molar-refractivity contribution is 5.06. The van der Waals surface area contributed by atoms with Gasteiger partial charge < -0.3 is 15.2 Å². The summed E-state index contributed by atoms with van der Waals surface area (Å²) in [6.45, 7) is 5.70. The minimum Gasteiger partial charge on any atom is -0.394 e. The van der Waals surface area contributed by atoms with Crippen LogP contribution in [0.4, 0.5) is 0 Å². The first kappa shape index (κ1) is 14.8. The lowest BCUT2D eigenvalue weighted by molar-refractivity contribution is -0.0209. The van der Waals surface area contributed by atoms with E-state index in [-0.39, 0.29) is 12.1 Å². The topological polar surface area (TPSA) is 44.7 Å². The minimum absolute atomic E-state index is 0.0555. The summed E-state index contributed by atoms with van der Waals surface area (Å²) in [5.74, 6) is 1.32. The van der Waals surface area contributed by atoms with E-state index >= 15 is 0 Å². The van der Waals surface area contributed by atoms with Gasteiger partial charge in [0.05, 0.1) is 18.2 Å². The van der Waals surface area contributed by atoms with Gasteiger partial charge in [0.2, 0.25) is 0 Å². The molecule has 116 valence electrons. The van der Waals surface area contributed by atoms with Crippen molar-refractivity contribution in [2.24, 2.45) is 11.8 Å². The molecule has 0 bridgehead atoms. The number of ether oxygens (including phenoxy) is 1. The van der Waals surface area contributed by atoms with E-state index in [0.717, 1.165) is 19.6 Å². The largest absolute Gasteiger partial charge is 0.394 e. The van der Waals surface area contributed by atoms with Gasteiger partial charge in [0.15, 0.2) is 0 Å². The van der Waals surface area contributed by atoms with Crippen molar-refractivity contribution in [3.05, 3.63) is 0 Å². The molecule has 0 radical (unpaired) electrons. The SMILES string of the molecule is COC1CN(CC(CO)(NC2CC2)C2CC2)CCC1C. The third kappa shape index (κ3) is 3.19. The van der Waals surface area contributed by atoms with Gasteiger partial charge in [0.1, 0.15) is 0 Å². The van der Waals surface area contributed by atoms with E-state index in [1.54, 1.807) is 0 Å². The molecule has 0 aromatic carbocycles. The second kappa shape index (κ2) is 5.91. The number of rotatable bonds is 7. The summed E-state index contributed by atoms with van der Waals surface area (Å²) < 4.78 is 5.63. The molecule has 1 aliphatic heterocycles. The Bertz CT molecular complexity index is 330. The minimum atomic E-state index is -0.0555. The number of likely N-dealkylation sites (tertiary alicyclic amines) is 1. The van der Waals surface area contributed by atoms with E-state index in [0.29, 0.717) is 24.0 Å². The van der Waals surface area contributed by atoms with Crippen molar-refractivity contribution in [3.8, 4) is 0 Å². The van der Waals surface area contributed by atoms with Crippen molar-refractivity contribution in [1.82, 2.24) is 10.2 Å². The Labute approximate surface area is 122 Å². The smallest absolute Gasteiger partial charge is 0.0724 e. The van der Waals surface area contributed by atoms with Crippen LogP contribution < -0.4 is 5.32 Å². The van der Waals surface area contributed by atoms with Crippen LogP contribution in [0.2, 0.25) is 0 Å². The molecule has 4 heteroatoms. The van der Waals surface area contributed by atoms with E-state index in [1.807, 2.05) is 7.11 Å². The molecule has 3 fully saturated rings. The van der Waals surface area contributed by atoms with Crippen LogP contribution in [0, 0.1) is 11.8 Å². The molecule has 2 saturated carbocycles. The molecule has 0 amide bonds. The predicted molar refractivity (Wildman–Crippen MR) is 79.7 cm³/mol. The Morgan fingerprint density at radius 2 is 2.00 bits per heavy atom. The lowest BCUT2D eigenvalue weighted by atomic mass is 9.90. The van der Waals surface area contributed by atoms with Gasteiger partial charge in [-0.05, 0) is 50.5 Å². The van der Waals surface area contributed by atoms with Gasteiger partial charge in [-0.2, -0.15) is 0 Å². The maximum Gasteiger partial charge on any atom is 0.0724 e. The van der Waals surface area contributed by atoms with Crippen LogP contribution in [-0.4, -0.2) is 61.0 Å². The third-order valence-corrected chi connectivity index (χ3v) is 5.49. The van der Waals surface area contributed by atoms with Crippen molar-refractivity contribution in [3.63, 3.8) is 0 Å². The van der Waals surface area contributed by atoms with Crippen LogP contribution in [0.15, 0.2) is 0 Å². The van der Waals surface area contributed by atoms with Gasteiger partial charge in [-0.25, -0.2) is 0 Å². The number of nitrogens with zero attached hydrogens (tertiary/aromatic N) is 1. The monoisotopic (exact) mass is 282 g/mol. The highest BCUT2D eigenvalue weighted by atomic mass is 16.5. The molecule has 3 atom stereocenters. The molecule has 20 heavy (non-hydrogen) atoms. The molecule has 0 aromatic heterocycles. The quantitative estimate of drug-likeness (QED) is 0.737. The maximum absolute atomic E-state index is 10.0. The number of nitrogens with one attached hydrogen (secondary N) is 1. The summed E-state index contributed by atoms with van der Waals surface area (Å²) in [5.41, 5.74) is -0.0555. The van der Waals surface area contributed by atoms with E-state index in [2.05, 4.69) is 17.1 Å². The van der Waals surface area contributed by atoms with Gasteiger partial charge in [-0.3, -0.25) is 4.90 Å². The summed E-state index contributed by atoms with van der Waals surface area (Å²) >= 11 is 0. The molecule has 0 aromatic rings. The standard InChI is InChI=1S/C16H30N2O2/c1-12-7-8-18(9-15(12)20-2)10-16(11-19,13-3-4-13)17-14-5-6-14/h12-15,17,19H,3-11H2,1-2H3. The molecule has 1 heterocycles. The second-order valence-corrected chi connectivity index (χ2v) is 7.28. The molecule has 3 rings (SSSR count). The summed E-state index contributed by atoms with van der Waals surface area (Å²) in [6, 6.07) is 0.657. The Balaban J connectivity index is 1.63. The molecule has 3 unspecified atom stereocenters.